The normalized spacial score (nSPS) is 18.5. The third kappa shape index (κ3) is 5.14. The Kier molecular flexibility index (Phi) is 6.53. The molecular weight excluding hydrogens is 372 g/mol. The minimum Gasteiger partial charge on any atom is -0.493 e. The Bertz CT molecular complexity index is 826. The highest BCUT2D eigenvalue weighted by molar-refractivity contribution is 5.89. The molecule has 1 aliphatic rings. The predicted molar refractivity (Wildman–Crippen MR) is 110 cm³/mol. The van der Waals surface area contributed by atoms with Crippen LogP contribution in [-0.4, -0.2) is 46.5 Å². The lowest BCUT2D eigenvalue weighted by atomic mass is 10.1. The first-order valence-corrected chi connectivity index (χ1v) is 9.81. The number of carbonyl (C=O) groups excluding carboxylic acids is 1. The van der Waals surface area contributed by atoms with Crippen LogP contribution >= 0.6 is 0 Å². The van der Waals surface area contributed by atoms with E-state index in [-0.39, 0.29) is 12.6 Å². The monoisotopic (exact) mass is 400 g/mol. The summed E-state index contributed by atoms with van der Waals surface area (Å²) in [6.07, 6.45) is 0.319. The summed E-state index contributed by atoms with van der Waals surface area (Å²) in [5, 5.41) is 13.2. The first kappa shape index (κ1) is 20.9. The van der Waals surface area contributed by atoms with Gasteiger partial charge in [-0.05, 0) is 43.5 Å². The molecule has 0 saturated carbocycles. The van der Waals surface area contributed by atoms with Crippen LogP contribution in [0.5, 0.6) is 5.75 Å². The summed E-state index contributed by atoms with van der Waals surface area (Å²) in [4.78, 5) is 22.1. The van der Waals surface area contributed by atoms with Crippen LogP contribution in [0, 0.1) is 5.92 Å². The summed E-state index contributed by atoms with van der Waals surface area (Å²) in [5.41, 5.74) is 1.05. The molecule has 2 heterocycles. The van der Waals surface area contributed by atoms with Gasteiger partial charge >= 0.3 is 6.09 Å². The number of carbonyl (C=O) groups is 1. The van der Waals surface area contributed by atoms with Crippen molar-refractivity contribution in [2.45, 2.75) is 45.9 Å². The van der Waals surface area contributed by atoms with Crippen molar-refractivity contribution in [1.29, 1.82) is 0 Å². The molecule has 3 atom stereocenters. The summed E-state index contributed by atoms with van der Waals surface area (Å²) in [5.74, 6) is 2.09. The molecule has 1 amide bonds. The number of cyclic esters (lactones) is 1. The van der Waals surface area contributed by atoms with Crippen LogP contribution in [0.2, 0.25) is 0 Å². The predicted octanol–water partition coefficient (Wildman–Crippen LogP) is 3.39. The summed E-state index contributed by atoms with van der Waals surface area (Å²) >= 11 is 0. The van der Waals surface area contributed by atoms with Crippen LogP contribution in [0.25, 0.3) is 0 Å². The van der Waals surface area contributed by atoms with Gasteiger partial charge in [-0.15, -0.1) is 0 Å². The fourth-order valence-electron chi connectivity index (χ4n) is 3.00. The fraction of sp³-hybridized carbons (Fsp3) is 0.476. The molecule has 1 saturated heterocycles. The average molecular weight is 400 g/mol. The van der Waals surface area contributed by atoms with E-state index in [1.807, 2.05) is 31.2 Å². The largest absolute Gasteiger partial charge is 0.493 e. The zero-order valence-corrected chi connectivity index (χ0v) is 17.2. The van der Waals surface area contributed by atoms with Gasteiger partial charge in [-0.25, -0.2) is 9.78 Å². The molecule has 1 aromatic heterocycles. The second kappa shape index (κ2) is 9.09. The number of rotatable bonds is 8. The van der Waals surface area contributed by atoms with Crippen LogP contribution in [0.4, 0.5) is 16.6 Å². The molecule has 8 nitrogen and oxygen atoms in total. The zero-order valence-electron chi connectivity index (χ0n) is 17.2. The maximum Gasteiger partial charge on any atom is 0.416 e. The third-order valence-electron chi connectivity index (χ3n) is 4.66. The number of nitrogens with zero attached hydrogens (tertiary/aromatic N) is 3. The lowest BCUT2D eigenvalue weighted by molar-refractivity contribution is 0.142. The minimum atomic E-state index is -0.733. The molecule has 156 valence electrons. The molecule has 29 heavy (non-hydrogen) atoms. The Morgan fingerprint density at radius 1 is 1.24 bits per heavy atom. The van der Waals surface area contributed by atoms with Crippen molar-refractivity contribution >= 4 is 17.9 Å². The molecule has 0 spiro atoms. The second-order valence-electron chi connectivity index (χ2n) is 7.63. The fourth-order valence-corrected chi connectivity index (χ4v) is 3.00. The first-order valence-electron chi connectivity index (χ1n) is 9.81. The summed E-state index contributed by atoms with van der Waals surface area (Å²) in [6.45, 7) is 8.66. The van der Waals surface area contributed by atoms with Gasteiger partial charge < -0.3 is 19.9 Å². The summed E-state index contributed by atoms with van der Waals surface area (Å²) < 4.78 is 10.8. The molecule has 0 aliphatic carbocycles. The standard InChI is InChI=1S/C21H28N4O4/c1-13(2)11-28-17-7-5-16(6-8-17)14(3)23-20-22-10-9-19(24-20)25-18(15(4)26)12-29-21(25)27/h5-10,13-15,18,26H,11-12H2,1-4H3,(H,22,23,24)/t14-,15+,18?/m0/s1. The smallest absolute Gasteiger partial charge is 0.416 e. The highest BCUT2D eigenvalue weighted by Gasteiger charge is 2.38. The van der Waals surface area contributed by atoms with E-state index in [9.17, 15) is 9.90 Å². The van der Waals surface area contributed by atoms with Gasteiger partial charge in [0.2, 0.25) is 5.95 Å². The van der Waals surface area contributed by atoms with E-state index in [0.29, 0.717) is 24.3 Å². The Morgan fingerprint density at radius 2 is 1.97 bits per heavy atom. The number of nitrogens with one attached hydrogen (secondary N) is 1. The van der Waals surface area contributed by atoms with E-state index in [2.05, 4.69) is 29.1 Å². The maximum atomic E-state index is 12.1. The number of hydrogen-bond acceptors (Lipinski definition) is 7. The van der Waals surface area contributed by atoms with Crippen molar-refractivity contribution in [3.8, 4) is 5.75 Å². The summed E-state index contributed by atoms with van der Waals surface area (Å²) in [6, 6.07) is 8.99. The molecule has 1 unspecified atom stereocenters. The van der Waals surface area contributed by atoms with Crippen molar-refractivity contribution in [3.63, 3.8) is 0 Å². The number of aromatic nitrogens is 2. The first-order chi connectivity index (χ1) is 13.8. The number of aliphatic hydroxyl groups is 1. The maximum absolute atomic E-state index is 12.1. The average Bonchev–Trinajstić information content (AvgIpc) is 3.08. The molecule has 1 fully saturated rings. The second-order valence-corrected chi connectivity index (χ2v) is 7.63. The van der Waals surface area contributed by atoms with Crippen molar-refractivity contribution in [1.82, 2.24) is 9.97 Å². The van der Waals surface area contributed by atoms with E-state index < -0.39 is 18.2 Å². The van der Waals surface area contributed by atoms with E-state index in [1.54, 1.807) is 19.2 Å². The molecule has 3 rings (SSSR count). The minimum absolute atomic E-state index is 0.0532. The van der Waals surface area contributed by atoms with E-state index >= 15 is 0 Å². The van der Waals surface area contributed by atoms with Gasteiger partial charge in [0.25, 0.3) is 0 Å². The number of anilines is 2. The van der Waals surface area contributed by atoms with Crippen molar-refractivity contribution in [3.05, 3.63) is 42.1 Å². The third-order valence-corrected chi connectivity index (χ3v) is 4.66. The molecular formula is C21H28N4O4. The van der Waals surface area contributed by atoms with Gasteiger partial charge in [0.15, 0.2) is 0 Å². The summed E-state index contributed by atoms with van der Waals surface area (Å²) in [7, 11) is 0. The van der Waals surface area contributed by atoms with Crippen molar-refractivity contribution in [2.75, 3.05) is 23.4 Å². The highest BCUT2D eigenvalue weighted by atomic mass is 16.6. The van der Waals surface area contributed by atoms with Crippen LogP contribution in [0.1, 0.15) is 39.3 Å². The van der Waals surface area contributed by atoms with E-state index in [1.165, 1.54) is 4.90 Å². The number of benzene rings is 1. The molecule has 0 bridgehead atoms. The van der Waals surface area contributed by atoms with Crippen LogP contribution < -0.4 is 15.0 Å². The lowest BCUT2D eigenvalue weighted by Gasteiger charge is -2.23. The Balaban J connectivity index is 1.69. The Labute approximate surface area is 170 Å². The van der Waals surface area contributed by atoms with Crippen molar-refractivity contribution in [2.24, 2.45) is 5.92 Å². The number of aliphatic hydroxyl groups excluding tert-OH is 1. The molecule has 8 heteroatoms. The molecule has 2 aromatic rings. The van der Waals surface area contributed by atoms with Crippen LogP contribution in [-0.2, 0) is 4.74 Å². The SMILES string of the molecule is CC(C)COc1ccc([C@H](C)Nc2nccc(N3C(=O)OCC3[C@@H](C)O)n2)cc1. The molecule has 1 aliphatic heterocycles. The highest BCUT2D eigenvalue weighted by Crippen LogP contribution is 2.25. The quantitative estimate of drug-likeness (QED) is 0.701. The van der Waals surface area contributed by atoms with Gasteiger partial charge in [0, 0.05) is 6.20 Å². The number of ether oxygens (including phenoxy) is 2. The van der Waals surface area contributed by atoms with Gasteiger partial charge in [0.05, 0.1) is 18.8 Å². The topological polar surface area (TPSA) is 96.8 Å². The van der Waals surface area contributed by atoms with Crippen LogP contribution in [0.15, 0.2) is 36.5 Å². The molecule has 1 aromatic carbocycles. The molecule has 0 radical (unpaired) electrons. The lowest BCUT2D eigenvalue weighted by Crippen LogP contribution is -2.41. The van der Waals surface area contributed by atoms with Gasteiger partial charge in [-0.2, -0.15) is 4.98 Å². The number of hydrogen-bond donors (Lipinski definition) is 2. The molecule has 2 N–H and O–H groups in total. The van der Waals surface area contributed by atoms with Crippen LogP contribution in [0.3, 0.4) is 0 Å². The zero-order chi connectivity index (χ0) is 21.0. The Morgan fingerprint density at radius 3 is 2.62 bits per heavy atom. The van der Waals surface area contributed by atoms with Crippen molar-refractivity contribution < 1.29 is 19.4 Å². The van der Waals surface area contributed by atoms with E-state index in [4.69, 9.17) is 9.47 Å². The Hall–Kier alpha value is -2.87. The van der Waals surface area contributed by atoms with Gasteiger partial charge in [0.1, 0.15) is 24.2 Å². The van der Waals surface area contributed by atoms with E-state index in [0.717, 1.165) is 11.3 Å². The van der Waals surface area contributed by atoms with Gasteiger partial charge in [-0.3, -0.25) is 4.90 Å². The van der Waals surface area contributed by atoms with Gasteiger partial charge in [-0.1, -0.05) is 26.0 Å². The number of amides is 1.